The van der Waals surface area contributed by atoms with Crippen molar-refractivity contribution >= 4 is 23.3 Å². The summed E-state index contributed by atoms with van der Waals surface area (Å²) in [6, 6.07) is 9.76. The van der Waals surface area contributed by atoms with Crippen molar-refractivity contribution in [1.29, 1.82) is 0 Å². The number of halogens is 1. The van der Waals surface area contributed by atoms with E-state index in [1.807, 2.05) is 0 Å². The summed E-state index contributed by atoms with van der Waals surface area (Å²) in [6.07, 6.45) is 0.715. The van der Waals surface area contributed by atoms with E-state index in [0.717, 1.165) is 0 Å². The van der Waals surface area contributed by atoms with Crippen LogP contribution in [0.25, 0.3) is 0 Å². The third kappa shape index (κ3) is 3.61. The second-order valence-electron chi connectivity index (χ2n) is 4.08. The first-order chi connectivity index (χ1) is 9.56. The number of benzene rings is 1. The highest BCUT2D eigenvalue weighted by atomic mass is 35.5. The molecule has 1 aromatic carbocycles. The Kier molecular flexibility index (Phi) is 4.42. The fourth-order valence-electron chi connectivity index (χ4n) is 1.51. The average Bonchev–Trinajstić information content (AvgIpc) is 2.41. The van der Waals surface area contributed by atoms with Gasteiger partial charge in [0.2, 0.25) is 0 Å². The molecule has 0 radical (unpaired) electrons. The number of hydrogen-bond donors (Lipinski definition) is 2. The summed E-state index contributed by atoms with van der Waals surface area (Å²) in [5.74, 6) is 0.0687. The monoisotopic (exact) mass is 292 g/mol. The molecule has 0 saturated carbocycles. The summed E-state index contributed by atoms with van der Waals surface area (Å²) in [4.78, 5) is 15.8. The number of pyridine rings is 1. The molecule has 0 aliphatic rings. The molecule has 5 nitrogen and oxygen atoms in total. The predicted molar refractivity (Wildman–Crippen MR) is 76.1 cm³/mol. The number of nitrogens with one attached hydrogen (secondary N) is 1. The Labute approximate surface area is 121 Å². The second kappa shape index (κ2) is 6.25. The molecule has 104 valence electrons. The maximum absolute atomic E-state index is 11.9. The molecular formula is C14H13ClN2O3. The molecule has 0 bridgehead atoms. The Bertz CT molecular complexity index is 619. The van der Waals surface area contributed by atoms with Gasteiger partial charge >= 0.3 is 0 Å². The molecule has 0 aliphatic heterocycles. The molecule has 0 spiro atoms. The summed E-state index contributed by atoms with van der Waals surface area (Å²) in [5.41, 5.74) is 0. The first kappa shape index (κ1) is 14.1. The van der Waals surface area contributed by atoms with Crippen molar-refractivity contribution in [2.45, 2.75) is 13.0 Å². The molecule has 1 aromatic heterocycles. The first-order valence-electron chi connectivity index (χ1n) is 5.93. The molecular weight excluding hydrogens is 280 g/mol. The van der Waals surface area contributed by atoms with Crippen LogP contribution in [0.5, 0.6) is 11.5 Å². The summed E-state index contributed by atoms with van der Waals surface area (Å²) in [7, 11) is 0. The van der Waals surface area contributed by atoms with E-state index in [1.165, 1.54) is 12.3 Å². The van der Waals surface area contributed by atoms with Gasteiger partial charge in [-0.1, -0.05) is 17.7 Å². The molecule has 0 saturated heterocycles. The molecule has 6 heteroatoms. The molecule has 1 unspecified atom stereocenters. The Balaban J connectivity index is 2.01. The minimum atomic E-state index is -0.755. The fourth-order valence-corrected chi connectivity index (χ4v) is 1.69. The average molecular weight is 293 g/mol. The van der Waals surface area contributed by atoms with Crippen molar-refractivity contribution in [3.05, 3.63) is 47.6 Å². The van der Waals surface area contributed by atoms with Gasteiger partial charge in [-0.15, -0.1) is 0 Å². The highest BCUT2D eigenvalue weighted by Crippen LogP contribution is 2.20. The highest BCUT2D eigenvalue weighted by Gasteiger charge is 2.16. The van der Waals surface area contributed by atoms with Crippen molar-refractivity contribution in [2.75, 3.05) is 5.32 Å². The lowest BCUT2D eigenvalue weighted by Gasteiger charge is -2.14. The Hall–Kier alpha value is -2.27. The maximum Gasteiger partial charge on any atom is 0.266 e. The van der Waals surface area contributed by atoms with Gasteiger partial charge in [0.15, 0.2) is 17.7 Å². The summed E-state index contributed by atoms with van der Waals surface area (Å²) < 4.78 is 5.46. The maximum atomic E-state index is 11.9. The molecule has 1 heterocycles. The number of aromatic hydroxyl groups is 1. The fraction of sp³-hybridized carbons (Fsp3) is 0.143. The SMILES string of the molecule is CC(Oc1cccc(Cl)c1)C(=O)Nc1ncccc1O. The van der Waals surface area contributed by atoms with E-state index in [9.17, 15) is 9.90 Å². The molecule has 2 N–H and O–H groups in total. The van der Waals surface area contributed by atoms with E-state index < -0.39 is 12.0 Å². The van der Waals surface area contributed by atoms with Crippen LogP contribution in [-0.4, -0.2) is 22.1 Å². The lowest BCUT2D eigenvalue weighted by Crippen LogP contribution is -2.30. The molecule has 20 heavy (non-hydrogen) atoms. The number of hydrogen-bond acceptors (Lipinski definition) is 4. The normalized spacial score (nSPS) is 11.7. The van der Waals surface area contributed by atoms with Crippen LogP contribution >= 0.6 is 11.6 Å². The van der Waals surface area contributed by atoms with Gasteiger partial charge in [0.25, 0.3) is 5.91 Å². The summed E-state index contributed by atoms with van der Waals surface area (Å²) in [6.45, 7) is 1.59. The van der Waals surface area contributed by atoms with E-state index >= 15 is 0 Å². The number of amides is 1. The number of anilines is 1. The standard InChI is InChI=1S/C14H13ClN2O3/c1-9(20-11-5-2-4-10(15)8-11)14(19)17-13-12(18)6-3-7-16-13/h2-9,18H,1H3,(H,16,17,19). The minimum Gasteiger partial charge on any atom is -0.504 e. The van der Waals surface area contributed by atoms with Gasteiger partial charge < -0.3 is 15.2 Å². The van der Waals surface area contributed by atoms with E-state index in [4.69, 9.17) is 16.3 Å². The largest absolute Gasteiger partial charge is 0.504 e. The number of carbonyl (C=O) groups excluding carboxylic acids is 1. The van der Waals surface area contributed by atoms with Crippen molar-refractivity contribution in [3.63, 3.8) is 0 Å². The summed E-state index contributed by atoms with van der Waals surface area (Å²) >= 11 is 5.83. The third-order valence-corrected chi connectivity index (χ3v) is 2.74. The first-order valence-corrected chi connectivity index (χ1v) is 6.31. The summed E-state index contributed by atoms with van der Waals surface area (Å²) in [5, 5.41) is 12.5. The zero-order valence-corrected chi connectivity index (χ0v) is 11.5. The van der Waals surface area contributed by atoms with Crippen LogP contribution in [0, 0.1) is 0 Å². The van der Waals surface area contributed by atoms with Crippen LogP contribution < -0.4 is 10.1 Å². The Morgan fingerprint density at radius 1 is 1.40 bits per heavy atom. The Morgan fingerprint density at radius 2 is 2.20 bits per heavy atom. The van der Waals surface area contributed by atoms with Gasteiger partial charge in [-0.05, 0) is 37.3 Å². The van der Waals surface area contributed by atoms with Gasteiger partial charge in [0, 0.05) is 11.2 Å². The van der Waals surface area contributed by atoms with Crippen LogP contribution in [0.4, 0.5) is 5.82 Å². The lowest BCUT2D eigenvalue weighted by atomic mass is 10.3. The Morgan fingerprint density at radius 3 is 2.90 bits per heavy atom. The lowest BCUT2D eigenvalue weighted by molar-refractivity contribution is -0.122. The van der Waals surface area contributed by atoms with Crippen LogP contribution in [0.2, 0.25) is 5.02 Å². The zero-order valence-electron chi connectivity index (χ0n) is 10.7. The van der Waals surface area contributed by atoms with Gasteiger partial charge in [0.1, 0.15) is 5.75 Å². The molecule has 1 amide bonds. The van der Waals surface area contributed by atoms with E-state index in [0.29, 0.717) is 10.8 Å². The third-order valence-electron chi connectivity index (χ3n) is 2.51. The molecule has 0 fully saturated rings. The van der Waals surface area contributed by atoms with E-state index in [1.54, 1.807) is 37.3 Å². The number of nitrogens with zero attached hydrogens (tertiary/aromatic N) is 1. The smallest absolute Gasteiger partial charge is 0.266 e. The van der Waals surface area contributed by atoms with Gasteiger partial charge in [-0.2, -0.15) is 0 Å². The quantitative estimate of drug-likeness (QED) is 0.909. The number of rotatable bonds is 4. The molecule has 2 aromatic rings. The van der Waals surface area contributed by atoms with Crippen molar-refractivity contribution in [1.82, 2.24) is 4.98 Å². The van der Waals surface area contributed by atoms with Crippen molar-refractivity contribution in [2.24, 2.45) is 0 Å². The molecule has 0 aliphatic carbocycles. The number of aromatic nitrogens is 1. The van der Waals surface area contributed by atoms with Crippen LogP contribution in [-0.2, 0) is 4.79 Å². The van der Waals surface area contributed by atoms with E-state index in [-0.39, 0.29) is 11.6 Å². The predicted octanol–water partition coefficient (Wildman–Crippen LogP) is 2.85. The number of carbonyl (C=O) groups is 1. The van der Waals surface area contributed by atoms with Crippen molar-refractivity contribution in [3.8, 4) is 11.5 Å². The second-order valence-corrected chi connectivity index (χ2v) is 4.51. The van der Waals surface area contributed by atoms with Crippen LogP contribution in [0.1, 0.15) is 6.92 Å². The topological polar surface area (TPSA) is 71.5 Å². The highest BCUT2D eigenvalue weighted by molar-refractivity contribution is 6.30. The van der Waals surface area contributed by atoms with Crippen LogP contribution in [0.15, 0.2) is 42.6 Å². The number of ether oxygens (including phenoxy) is 1. The van der Waals surface area contributed by atoms with Crippen LogP contribution in [0.3, 0.4) is 0 Å². The minimum absolute atomic E-state index is 0.0963. The van der Waals surface area contributed by atoms with Gasteiger partial charge in [-0.3, -0.25) is 4.79 Å². The van der Waals surface area contributed by atoms with Gasteiger partial charge in [-0.25, -0.2) is 4.98 Å². The molecule has 1 atom stereocenters. The van der Waals surface area contributed by atoms with Crippen molar-refractivity contribution < 1.29 is 14.6 Å². The molecule has 2 rings (SSSR count). The van der Waals surface area contributed by atoms with E-state index in [2.05, 4.69) is 10.3 Å². The zero-order chi connectivity index (χ0) is 14.5. The van der Waals surface area contributed by atoms with Gasteiger partial charge in [0.05, 0.1) is 0 Å².